The smallest absolute Gasteiger partial charge is 0.161 e. The Hall–Kier alpha value is -1.52. The molecule has 0 aliphatic heterocycles. The van der Waals surface area contributed by atoms with Gasteiger partial charge in [0.05, 0.1) is 19.3 Å². The predicted molar refractivity (Wildman–Crippen MR) is 76.7 cm³/mol. The molecule has 1 heterocycles. The molecule has 0 fully saturated rings. The summed E-state index contributed by atoms with van der Waals surface area (Å²) in [6, 6.07) is 5.54. The molecular formula is C14H18ClN3O. The van der Waals surface area contributed by atoms with Gasteiger partial charge in [-0.25, -0.2) is 0 Å². The fourth-order valence-electron chi connectivity index (χ4n) is 2.06. The first-order valence-corrected chi connectivity index (χ1v) is 6.57. The number of nitrogens with two attached hydrogens (primary N) is 1. The zero-order valence-electron chi connectivity index (χ0n) is 11.4. The first kappa shape index (κ1) is 13.9. The van der Waals surface area contributed by atoms with Crippen molar-refractivity contribution in [3.8, 4) is 5.75 Å². The van der Waals surface area contributed by atoms with Crippen LogP contribution in [0, 0.1) is 6.92 Å². The van der Waals surface area contributed by atoms with Crippen LogP contribution in [0.4, 0.5) is 0 Å². The molecular weight excluding hydrogens is 262 g/mol. The van der Waals surface area contributed by atoms with Gasteiger partial charge < -0.3 is 10.5 Å². The molecule has 0 aliphatic carbocycles. The first-order valence-electron chi connectivity index (χ1n) is 6.19. The molecule has 0 radical (unpaired) electrons. The molecule has 2 rings (SSSR count). The van der Waals surface area contributed by atoms with Crippen LogP contribution in [0.15, 0.2) is 24.4 Å². The number of hydrogen-bond acceptors (Lipinski definition) is 3. The molecule has 1 aromatic heterocycles. The first-order chi connectivity index (χ1) is 9.08. The SMILES string of the molecule is CCn1ncc(OC)c1C(N)c1ccc(C)c(Cl)c1. The molecule has 0 saturated heterocycles. The molecule has 0 saturated carbocycles. The Morgan fingerprint density at radius 1 is 1.47 bits per heavy atom. The predicted octanol–water partition coefficient (Wildman–Crippen LogP) is 2.92. The number of aromatic nitrogens is 2. The van der Waals surface area contributed by atoms with E-state index in [1.165, 1.54) is 0 Å². The van der Waals surface area contributed by atoms with Crippen LogP contribution in [0.3, 0.4) is 0 Å². The van der Waals surface area contributed by atoms with Crippen molar-refractivity contribution in [2.75, 3.05) is 7.11 Å². The molecule has 0 spiro atoms. The summed E-state index contributed by atoms with van der Waals surface area (Å²) in [5, 5.41) is 4.99. The van der Waals surface area contributed by atoms with Crippen molar-refractivity contribution in [3.05, 3.63) is 46.2 Å². The van der Waals surface area contributed by atoms with Crippen molar-refractivity contribution in [1.29, 1.82) is 0 Å². The summed E-state index contributed by atoms with van der Waals surface area (Å²) in [4.78, 5) is 0. The summed E-state index contributed by atoms with van der Waals surface area (Å²) in [6.07, 6.45) is 1.69. The molecule has 2 N–H and O–H groups in total. The van der Waals surface area contributed by atoms with Gasteiger partial charge in [0, 0.05) is 11.6 Å². The van der Waals surface area contributed by atoms with Gasteiger partial charge in [-0.2, -0.15) is 5.10 Å². The molecule has 0 aliphatic rings. The number of nitrogens with zero attached hydrogens (tertiary/aromatic N) is 2. The lowest BCUT2D eigenvalue weighted by Crippen LogP contribution is -2.18. The Labute approximate surface area is 118 Å². The highest BCUT2D eigenvalue weighted by Crippen LogP contribution is 2.30. The van der Waals surface area contributed by atoms with E-state index in [2.05, 4.69) is 5.10 Å². The molecule has 0 amide bonds. The largest absolute Gasteiger partial charge is 0.493 e. The third-order valence-electron chi connectivity index (χ3n) is 3.21. The zero-order valence-corrected chi connectivity index (χ0v) is 12.1. The van der Waals surface area contributed by atoms with Crippen molar-refractivity contribution in [2.24, 2.45) is 5.73 Å². The maximum Gasteiger partial charge on any atom is 0.161 e. The van der Waals surface area contributed by atoms with E-state index in [1.54, 1.807) is 13.3 Å². The molecule has 102 valence electrons. The van der Waals surface area contributed by atoms with Crippen LogP contribution in [0.1, 0.15) is 29.8 Å². The molecule has 19 heavy (non-hydrogen) atoms. The topological polar surface area (TPSA) is 53.1 Å². The lowest BCUT2D eigenvalue weighted by atomic mass is 10.0. The van der Waals surface area contributed by atoms with Crippen LogP contribution < -0.4 is 10.5 Å². The van der Waals surface area contributed by atoms with Gasteiger partial charge >= 0.3 is 0 Å². The Kier molecular flexibility index (Phi) is 4.12. The molecule has 1 atom stereocenters. The van der Waals surface area contributed by atoms with E-state index < -0.39 is 0 Å². The van der Waals surface area contributed by atoms with Gasteiger partial charge in [0.1, 0.15) is 5.69 Å². The Morgan fingerprint density at radius 3 is 2.79 bits per heavy atom. The van der Waals surface area contributed by atoms with Crippen LogP contribution >= 0.6 is 11.6 Å². The fourth-order valence-corrected chi connectivity index (χ4v) is 2.25. The van der Waals surface area contributed by atoms with Gasteiger partial charge in [0.15, 0.2) is 5.75 Å². The number of ether oxygens (including phenoxy) is 1. The van der Waals surface area contributed by atoms with Crippen molar-refractivity contribution in [3.63, 3.8) is 0 Å². The van der Waals surface area contributed by atoms with Gasteiger partial charge in [-0.15, -0.1) is 0 Å². The summed E-state index contributed by atoms with van der Waals surface area (Å²) in [7, 11) is 1.62. The molecule has 5 heteroatoms. The van der Waals surface area contributed by atoms with Gasteiger partial charge in [-0.3, -0.25) is 4.68 Å². The minimum absolute atomic E-state index is 0.310. The van der Waals surface area contributed by atoms with E-state index in [0.29, 0.717) is 5.75 Å². The van der Waals surface area contributed by atoms with Gasteiger partial charge in [-0.05, 0) is 31.0 Å². The van der Waals surface area contributed by atoms with Crippen LogP contribution in [-0.4, -0.2) is 16.9 Å². The van der Waals surface area contributed by atoms with E-state index in [1.807, 2.05) is 36.7 Å². The minimum atomic E-state index is -0.310. The normalized spacial score (nSPS) is 12.5. The maximum absolute atomic E-state index is 6.33. The number of aryl methyl sites for hydroxylation is 2. The van der Waals surface area contributed by atoms with Crippen molar-refractivity contribution >= 4 is 11.6 Å². The third-order valence-corrected chi connectivity index (χ3v) is 3.62. The van der Waals surface area contributed by atoms with Crippen LogP contribution in [0.5, 0.6) is 5.75 Å². The summed E-state index contributed by atoms with van der Waals surface area (Å²) in [5.41, 5.74) is 9.18. The average Bonchev–Trinajstić information content (AvgIpc) is 2.83. The Bertz CT molecular complexity index is 559. The van der Waals surface area contributed by atoms with Crippen molar-refractivity contribution in [1.82, 2.24) is 9.78 Å². The molecule has 1 aromatic carbocycles. The number of methoxy groups -OCH3 is 1. The highest BCUT2D eigenvalue weighted by atomic mass is 35.5. The van der Waals surface area contributed by atoms with E-state index in [9.17, 15) is 0 Å². The quantitative estimate of drug-likeness (QED) is 0.936. The summed E-state index contributed by atoms with van der Waals surface area (Å²) < 4.78 is 7.17. The summed E-state index contributed by atoms with van der Waals surface area (Å²) in [6.45, 7) is 4.73. The number of hydrogen-bond donors (Lipinski definition) is 1. The third kappa shape index (κ3) is 2.60. The highest BCUT2D eigenvalue weighted by molar-refractivity contribution is 6.31. The van der Waals surface area contributed by atoms with E-state index >= 15 is 0 Å². The summed E-state index contributed by atoms with van der Waals surface area (Å²) in [5.74, 6) is 0.700. The second kappa shape index (κ2) is 5.63. The summed E-state index contributed by atoms with van der Waals surface area (Å²) >= 11 is 6.16. The van der Waals surface area contributed by atoms with Crippen LogP contribution in [-0.2, 0) is 6.54 Å². The van der Waals surface area contributed by atoms with Crippen LogP contribution in [0.25, 0.3) is 0 Å². The van der Waals surface area contributed by atoms with Crippen LogP contribution in [0.2, 0.25) is 5.02 Å². The minimum Gasteiger partial charge on any atom is -0.493 e. The number of rotatable bonds is 4. The van der Waals surface area contributed by atoms with E-state index in [4.69, 9.17) is 22.1 Å². The Morgan fingerprint density at radius 2 is 2.21 bits per heavy atom. The monoisotopic (exact) mass is 279 g/mol. The fraction of sp³-hybridized carbons (Fsp3) is 0.357. The molecule has 2 aromatic rings. The van der Waals surface area contributed by atoms with E-state index in [-0.39, 0.29) is 6.04 Å². The number of halogens is 1. The Balaban J connectivity index is 2.45. The molecule has 1 unspecified atom stereocenters. The average molecular weight is 280 g/mol. The number of benzene rings is 1. The van der Waals surface area contributed by atoms with E-state index in [0.717, 1.165) is 28.4 Å². The van der Waals surface area contributed by atoms with Gasteiger partial charge in [0.2, 0.25) is 0 Å². The lowest BCUT2D eigenvalue weighted by molar-refractivity contribution is 0.404. The van der Waals surface area contributed by atoms with Crippen molar-refractivity contribution < 1.29 is 4.74 Å². The maximum atomic E-state index is 6.33. The molecule has 4 nitrogen and oxygen atoms in total. The second-order valence-corrected chi connectivity index (χ2v) is 4.81. The highest BCUT2D eigenvalue weighted by Gasteiger charge is 2.20. The van der Waals surface area contributed by atoms with Gasteiger partial charge in [-0.1, -0.05) is 23.7 Å². The van der Waals surface area contributed by atoms with Gasteiger partial charge in [0.25, 0.3) is 0 Å². The lowest BCUT2D eigenvalue weighted by Gasteiger charge is -2.16. The second-order valence-electron chi connectivity index (χ2n) is 4.40. The molecule has 0 bridgehead atoms. The zero-order chi connectivity index (χ0) is 14.0. The standard InChI is InChI=1S/C14H18ClN3O/c1-4-18-14(12(19-3)8-17-18)13(16)10-6-5-9(2)11(15)7-10/h5-8,13H,4,16H2,1-3H3. The van der Waals surface area contributed by atoms with Crippen molar-refractivity contribution in [2.45, 2.75) is 26.4 Å².